The van der Waals surface area contributed by atoms with Crippen LogP contribution in [0.3, 0.4) is 0 Å². The molecule has 0 saturated carbocycles. The fourth-order valence-corrected chi connectivity index (χ4v) is 6.00. The lowest BCUT2D eigenvalue weighted by atomic mass is 9.87. The summed E-state index contributed by atoms with van der Waals surface area (Å²) in [7, 11) is -3.27. The normalized spacial score (nSPS) is 15.9. The molecule has 1 aliphatic rings. The molecule has 0 bridgehead atoms. The average molecular weight is 601 g/mol. The number of sulfonamides is 1. The zero-order chi connectivity index (χ0) is 28.7. The van der Waals surface area contributed by atoms with Gasteiger partial charge in [-0.2, -0.15) is 5.26 Å². The maximum atomic E-state index is 13.3. The van der Waals surface area contributed by atoms with Crippen molar-refractivity contribution in [3.05, 3.63) is 88.4 Å². The van der Waals surface area contributed by atoms with Crippen LogP contribution >= 0.6 is 23.9 Å². The van der Waals surface area contributed by atoms with Crippen LogP contribution in [0.1, 0.15) is 35.6 Å². The van der Waals surface area contributed by atoms with Crippen molar-refractivity contribution in [3.63, 3.8) is 0 Å². The molecular formula is C29H30ClFN4O3S2. The number of nitrogens with one attached hydrogen (secondary N) is 1. The van der Waals surface area contributed by atoms with Gasteiger partial charge in [0, 0.05) is 18.1 Å². The number of benzene rings is 3. The van der Waals surface area contributed by atoms with Crippen molar-refractivity contribution in [1.82, 2.24) is 9.03 Å². The molecule has 0 aliphatic carbocycles. The number of hydrogen-bond donors (Lipinski definition) is 1. The summed E-state index contributed by atoms with van der Waals surface area (Å²) in [4.78, 5) is 4.50. The van der Waals surface area contributed by atoms with E-state index in [1.165, 1.54) is 10.6 Å². The predicted molar refractivity (Wildman–Crippen MR) is 160 cm³/mol. The molecule has 1 saturated heterocycles. The van der Waals surface area contributed by atoms with Gasteiger partial charge in [-0.1, -0.05) is 54.1 Å². The Bertz CT molecular complexity index is 1500. The first kappa shape index (κ1) is 30.0. The molecule has 0 radical (unpaired) electrons. The molecule has 1 fully saturated rings. The van der Waals surface area contributed by atoms with Gasteiger partial charge >= 0.3 is 0 Å². The van der Waals surface area contributed by atoms with E-state index in [2.05, 4.69) is 15.8 Å². The van der Waals surface area contributed by atoms with Gasteiger partial charge in [0.15, 0.2) is 12.3 Å². The van der Waals surface area contributed by atoms with E-state index in [1.807, 2.05) is 55.5 Å². The molecule has 210 valence electrons. The van der Waals surface area contributed by atoms with Crippen LogP contribution in [0.4, 0.5) is 9.57 Å². The maximum Gasteiger partial charge on any atom is 0.211 e. The van der Waals surface area contributed by atoms with Crippen LogP contribution in [-0.4, -0.2) is 44.5 Å². The maximum absolute atomic E-state index is 13.3. The summed E-state index contributed by atoms with van der Waals surface area (Å²) in [6, 6.07) is 22.8. The second-order valence-corrected chi connectivity index (χ2v) is 12.5. The lowest BCUT2D eigenvalue weighted by molar-refractivity contribution is 0.0150. The first-order chi connectivity index (χ1) is 19.2. The summed E-state index contributed by atoms with van der Waals surface area (Å²) in [5.74, 6) is 0.329. The number of aliphatic imine (C=N–C) groups is 1. The SMILES string of the molecule is Cc1ccc(N=C(COC(c2ccc(-c3cccc(C#N)c3)cc2)C2CCN(S(C)(=O)=O)CC2)NSF)cc1Cl. The second kappa shape index (κ2) is 13.6. The van der Waals surface area contributed by atoms with Gasteiger partial charge < -0.3 is 4.74 Å². The zero-order valence-electron chi connectivity index (χ0n) is 22.2. The Kier molecular flexibility index (Phi) is 10.2. The molecule has 1 aliphatic heterocycles. The molecule has 3 aromatic rings. The molecular weight excluding hydrogens is 571 g/mol. The molecule has 0 spiro atoms. The number of nitrogens with zero attached hydrogens (tertiary/aromatic N) is 3. The summed E-state index contributed by atoms with van der Waals surface area (Å²) in [5, 5.41) is 9.81. The third-order valence-corrected chi connectivity index (χ3v) is 8.96. The fraction of sp³-hybridized carbons (Fsp3) is 0.310. The number of halogens is 2. The van der Waals surface area contributed by atoms with Crippen molar-refractivity contribution in [2.75, 3.05) is 26.0 Å². The van der Waals surface area contributed by atoms with Crippen molar-refractivity contribution in [2.24, 2.45) is 10.9 Å². The quantitative estimate of drug-likeness (QED) is 0.165. The van der Waals surface area contributed by atoms with Gasteiger partial charge in [-0.15, -0.1) is 3.89 Å². The molecule has 7 nitrogen and oxygen atoms in total. The smallest absolute Gasteiger partial charge is 0.211 e. The van der Waals surface area contributed by atoms with Crippen molar-refractivity contribution in [2.45, 2.75) is 25.9 Å². The van der Waals surface area contributed by atoms with Crippen LogP contribution in [0.5, 0.6) is 0 Å². The minimum Gasteiger partial charge on any atom is -0.365 e. The highest BCUT2D eigenvalue weighted by Crippen LogP contribution is 2.35. The van der Waals surface area contributed by atoms with Crippen LogP contribution in [-0.2, 0) is 14.8 Å². The third-order valence-electron chi connectivity index (χ3n) is 6.94. The van der Waals surface area contributed by atoms with Gasteiger partial charge in [-0.25, -0.2) is 17.7 Å². The second-order valence-electron chi connectivity index (χ2n) is 9.72. The number of aryl methyl sites for hydroxylation is 1. The molecule has 1 heterocycles. The van der Waals surface area contributed by atoms with E-state index in [1.54, 1.807) is 18.2 Å². The van der Waals surface area contributed by atoms with Crippen molar-refractivity contribution >= 4 is 45.5 Å². The zero-order valence-corrected chi connectivity index (χ0v) is 24.6. The van der Waals surface area contributed by atoms with Crippen molar-refractivity contribution in [1.29, 1.82) is 5.26 Å². The summed E-state index contributed by atoms with van der Waals surface area (Å²) in [5.41, 5.74) is 4.87. The number of rotatable bonds is 9. The van der Waals surface area contributed by atoms with Gasteiger partial charge in [0.05, 0.1) is 29.7 Å². The standard InChI is InChI=1S/C29H30ClFN4O3S2/c1-20-6-11-26(17-27(20)30)33-28(34-39-31)19-38-29(24-12-14-35(15-13-24)40(2,36)37)23-9-7-22(8-10-23)25-5-3-4-21(16-25)18-32/h3-11,16-17,24,29H,12-15,19H2,1-2H3,(H,33,34). The monoisotopic (exact) mass is 600 g/mol. The average Bonchev–Trinajstić information content (AvgIpc) is 2.95. The molecule has 4 rings (SSSR count). The lowest BCUT2D eigenvalue weighted by Gasteiger charge is -2.35. The first-order valence-corrected chi connectivity index (χ1v) is 15.7. The first-order valence-electron chi connectivity index (χ1n) is 12.7. The summed E-state index contributed by atoms with van der Waals surface area (Å²) in [6.45, 7) is 2.71. The van der Waals surface area contributed by atoms with Crippen molar-refractivity contribution in [3.8, 4) is 17.2 Å². The summed E-state index contributed by atoms with van der Waals surface area (Å²) in [6.07, 6.45) is 2.09. The Hall–Kier alpha value is -2.94. The highest BCUT2D eigenvalue weighted by Gasteiger charge is 2.31. The van der Waals surface area contributed by atoms with Gasteiger partial charge in [-0.05, 0) is 72.2 Å². The number of hydrogen-bond acceptors (Lipinski definition) is 6. The van der Waals surface area contributed by atoms with Crippen LogP contribution in [0.2, 0.25) is 5.02 Å². The predicted octanol–water partition coefficient (Wildman–Crippen LogP) is 6.77. The van der Waals surface area contributed by atoms with Gasteiger partial charge in [-0.3, -0.25) is 4.72 Å². The number of amidine groups is 1. The number of nitriles is 1. The van der Waals surface area contributed by atoms with Crippen LogP contribution in [0.25, 0.3) is 11.1 Å². The number of piperidine rings is 1. The minimum atomic E-state index is -3.27. The third kappa shape index (κ3) is 7.83. The Balaban J connectivity index is 1.59. The van der Waals surface area contributed by atoms with E-state index in [4.69, 9.17) is 16.3 Å². The largest absolute Gasteiger partial charge is 0.365 e. The van der Waals surface area contributed by atoms with Gasteiger partial charge in [0.1, 0.15) is 12.4 Å². The van der Waals surface area contributed by atoms with E-state index < -0.39 is 10.0 Å². The molecule has 1 atom stereocenters. The van der Waals surface area contributed by atoms with Crippen molar-refractivity contribution < 1.29 is 17.0 Å². The minimum absolute atomic E-state index is 0.00530. The van der Waals surface area contributed by atoms with Crippen LogP contribution in [0, 0.1) is 24.2 Å². The molecule has 0 aromatic heterocycles. The molecule has 1 unspecified atom stereocenters. The van der Waals surface area contributed by atoms with E-state index in [9.17, 15) is 17.6 Å². The fourth-order valence-electron chi connectivity index (χ4n) is 4.75. The topological polar surface area (TPSA) is 94.8 Å². The van der Waals surface area contributed by atoms with Crippen LogP contribution in [0.15, 0.2) is 71.7 Å². The van der Waals surface area contributed by atoms with E-state index in [0.717, 1.165) is 22.3 Å². The molecule has 1 N–H and O–H groups in total. The highest BCUT2D eigenvalue weighted by atomic mass is 35.5. The van der Waals surface area contributed by atoms with Crippen LogP contribution < -0.4 is 4.72 Å². The summed E-state index contributed by atoms with van der Waals surface area (Å²) < 4.78 is 47.8. The molecule has 3 aromatic carbocycles. The Morgan fingerprint density at radius 2 is 1.90 bits per heavy atom. The van der Waals surface area contributed by atoms with E-state index >= 15 is 0 Å². The summed E-state index contributed by atoms with van der Waals surface area (Å²) >= 11 is 6.17. The van der Waals surface area contributed by atoms with Gasteiger partial charge in [0.25, 0.3) is 0 Å². The highest BCUT2D eigenvalue weighted by molar-refractivity contribution is 7.92. The molecule has 40 heavy (non-hydrogen) atoms. The lowest BCUT2D eigenvalue weighted by Crippen LogP contribution is -2.39. The van der Waals surface area contributed by atoms with E-state index in [0.29, 0.717) is 42.2 Å². The number of ether oxygens (including phenoxy) is 1. The Labute approximate surface area is 244 Å². The van der Waals surface area contributed by atoms with Gasteiger partial charge in [0.2, 0.25) is 10.0 Å². The Morgan fingerprint density at radius 3 is 2.52 bits per heavy atom. The molecule has 0 amide bonds. The molecule has 11 heteroatoms. The van der Waals surface area contributed by atoms with E-state index in [-0.39, 0.29) is 36.8 Å². The Morgan fingerprint density at radius 1 is 1.18 bits per heavy atom.